The molecule has 23 heavy (non-hydrogen) atoms. The molecule has 4 nitrogen and oxygen atoms in total. The first kappa shape index (κ1) is 18.2. The lowest BCUT2D eigenvalue weighted by atomic mass is 10.0. The molecule has 1 heterocycles. The summed E-state index contributed by atoms with van der Waals surface area (Å²) >= 11 is 0. The van der Waals surface area contributed by atoms with Gasteiger partial charge < -0.3 is 18.9 Å². The lowest BCUT2D eigenvalue weighted by Crippen LogP contribution is -2.45. The van der Waals surface area contributed by atoms with E-state index in [0.717, 1.165) is 30.6 Å². The lowest BCUT2D eigenvalue weighted by molar-refractivity contribution is -0.303. The predicted octanol–water partition coefficient (Wildman–Crippen LogP) is 4.31. The highest BCUT2D eigenvalue weighted by Gasteiger charge is 2.35. The highest BCUT2D eigenvalue weighted by atomic mass is 16.7. The van der Waals surface area contributed by atoms with Crippen molar-refractivity contribution in [2.45, 2.75) is 77.7 Å². The maximum atomic E-state index is 6.04. The van der Waals surface area contributed by atoms with Crippen LogP contribution in [0.5, 0.6) is 5.75 Å². The van der Waals surface area contributed by atoms with Gasteiger partial charge in [0.15, 0.2) is 5.79 Å². The molecule has 2 rings (SSSR count). The predicted molar refractivity (Wildman–Crippen MR) is 90.6 cm³/mol. The minimum atomic E-state index is -0.501. The molecule has 1 saturated heterocycles. The Morgan fingerprint density at radius 3 is 2.43 bits per heavy atom. The van der Waals surface area contributed by atoms with Crippen LogP contribution in [0, 0.1) is 0 Å². The van der Waals surface area contributed by atoms with Crippen LogP contribution in [0.1, 0.15) is 52.5 Å². The van der Waals surface area contributed by atoms with Crippen LogP contribution in [-0.2, 0) is 20.8 Å². The van der Waals surface area contributed by atoms with Gasteiger partial charge in [0.2, 0.25) is 0 Å². The number of rotatable bonds is 7. The van der Waals surface area contributed by atoms with Gasteiger partial charge in [-0.15, -0.1) is 0 Å². The molecule has 1 aromatic carbocycles. The monoisotopic (exact) mass is 322 g/mol. The Morgan fingerprint density at radius 1 is 1.17 bits per heavy atom. The van der Waals surface area contributed by atoms with E-state index in [1.807, 2.05) is 38.1 Å². The second kappa shape index (κ2) is 8.13. The molecular formula is C19H30O4. The van der Waals surface area contributed by atoms with Crippen LogP contribution in [0.25, 0.3) is 0 Å². The van der Waals surface area contributed by atoms with E-state index in [1.165, 1.54) is 0 Å². The third kappa shape index (κ3) is 5.79. The zero-order valence-electron chi connectivity index (χ0n) is 15.0. The van der Waals surface area contributed by atoms with E-state index in [0.29, 0.717) is 6.61 Å². The second-order valence-electron chi connectivity index (χ2n) is 6.73. The molecule has 0 aliphatic carbocycles. The zero-order valence-corrected chi connectivity index (χ0v) is 15.0. The second-order valence-corrected chi connectivity index (χ2v) is 6.73. The third-order valence-corrected chi connectivity index (χ3v) is 4.17. The summed E-state index contributed by atoms with van der Waals surface area (Å²) in [6.45, 7) is 8.85. The first-order chi connectivity index (χ1) is 10.9. The molecule has 1 aliphatic heterocycles. The van der Waals surface area contributed by atoms with Crippen LogP contribution in [-0.4, -0.2) is 31.2 Å². The molecule has 3 atom stereocenters. The van der Waals surface area contributed by atoms with Gasteiger partial charge in [0, 0.05) is 6.42 Å². The van der Waals surface area contributed by atoms with Crippen molar-refractivity contribution in [3.63, 3.8) is 0 Å². The molecule has 0 saturated carbocycles. The van der Waals surface area contributed by atoms with Crippen molar-refractivity contribution in [1.82, 2.24) is 0 Å². The Morgan fingerprint density at radius 2 is 1.83 bits per heavy atom. The van der Waals surface area contributed by atoms with Crippen molar-refractivity contribution in [1.29, 1.82) is 0 Å². The summed E-state index contributed by atoms with van der Waals surface area (Å²) in [6, 6.07) is 7.98. The maximum Gasteiger partial charge on any atom is 0.163 e. The van der Waals surface area contributed by atoms with Crippen molar-refractivity contribution < 1.29 is 18.9 Å². The Labute approximate surface area is 140 Å². The van der Waals surface area contributed by atoms with Gasteiger partial charge >= 0.3 is 0 Å². The van der Waals surface area contributed by atoms with Gasteiger partial charge in [-0.25, -0.2) is 0 Å². The molecule has 0 spiro atoms. The van der Waals surface area contributed by atoms with E-state index in [4.69, 9.17) is 18.9 Å². The van der Waals surface area contributed by atoms with Crippen molar-refractivity contribution in [3.05, 3.63) is 29.8 Å². The Kier molecular flexibility index (Phi) is 6.45. The summed E-state index contributed by atoms with van der Waals surface area (Å²) in [5, 5.41) is 0. The molecule has 4 heteroatoms. The SMILES string of the molecule is CC[C@@H]1C[C@H](C[C@@H](C)OCc2ccc(OC)cc2)OC(C)(C)O1. The van der Waals surface area contributed by atoms with Crippen LogP contribution in [0.3, 0.4) is 0 Å². The number of methoxy groups -OCH3 is 1. The van der Waals surface area contributed by atoms with Gasteiger partial charge in [0.05, 0.1) is 32.0 Å². The average Bonchev–Trinajstić information content (AvgIpc) is 2.51. The van der Waals surface area contributed by atoms with Gasteiger partial charge in [-0.3, -0.25) is 0 Å². The number of ether oxygens (including phenoxy) is 4. The lowest BCUT2D eigenvalue weighted by Gasteiger charge is -2.41. The fraction of sp³-hybridized carbons (Fsp3) is 0.684. The van der Waals surface area contributed by atoms with E-state index >= 15 is 0 Å². The highest BCUT2D eigenvalue weighted by Crippen LogP contribution is 2.30. The summed E-state index contributed by atoms with van der Waals surface area (Å²) in [7, 11) is 1.67. The molecule has 0 bridgehead atoms. The van der Waals surface area contributed by atoms with Crippen molar-refractivity contribution in [2.24, 2.45) is 0 Å². The number of benzene rings is 1. The van der Waals surface area contributed by atoms with E-state index in [-0.39, 0.29) is 18.3 Å². The maximum absolute atomic E-state index is 6.04. The van der Waals surface area contributed by atoms with Gasteiger partial charge in [0.1, 0.15) is 5.75 Å². The Bertz CT molecular complexity index is 469. The molecular weight excluding hydrogens is 292 g/mol. The van der Waals surface area contributed by atoms with Crippen LogP contribution in [0.2, 0.25) is 0 Å². The van der Waals surface area contributed by atoms with Crippen LogP contribution < -0.4 is 4.74 Å². The van der Waals surface area contributed by atoms with Gasteiger partial charge in [-0.2, -0.15) is 0 Å². The fourth-order valence-electron chi connectivity index (χ4n) is 3.01. The minimum Gasteiger partial charge on any atom is -0.497 e. The number of hydrogen-bond donors (Lipinski definition) is 0. The van der Waals surface area contributed by atoms with Crippen LogP contribution in [0.15, 0.2) is 24.3 Å². The van der Waals surface area contributed by atoms with Crippen molar-refractivity contribution in [3.8, 4) is 5.75 Å². The van der Waals surface area contributed by atoms with Crippen molar-refractivity contribution in [2.75, 3.05) is 7.11 Å². The molecule has 0 radical (unpaired) electrons. The average molecular weight is 322 g/mol. The highest BCUT2D eigenvalue weighted by molar-refractivity contribution is 5.26. The van der Waals surface area contributed by atoms with E-state index in [1.54, 1.807) is 7.11 Å². The zero-order chi connectivity index (χ0) is 16.9. The van der Waals surface area contributed by atoms with E-state index in [2.05, 4.69) is 13.8 Å². The van der Waals surface area contributed by atoms with Gasteiger partial charge in [-0.05, 0) is 51.3 Å². The summed E-state index contributed by atoms with van der Waals surface area (Å²) in [6.07, 6.45) is 3.46. The standard InChI is InChI=1S/C19H30O4/c1-6-16-12-18(23-19(3,4)22-16)11-14(2)21-13-15-7-9-17(20-5)10-8-15/h7-10,14,16,18H,6,11-13H2,1-5H3/t14-,16-,18+/m1/s1. The van der Waals surface area contributed by atoms with E-state index in [9.17, 15) is 0 Å². The summed E-state index contributed by atoms with van der Waals surface area (Å²) in [5.74, 6) is 0.365. The first-order valence-electron chi connectivity index (χ1n) is 8.52. The largest absolute Gasteiger partial charge is 0.497 e. The van der Waals surface area contributed by atoms with Gasteiger partial charge in [0.25, 0.3) is 0 Å². The molecule has 0 N–H and O–H groups in total. The van der Waals surface area contributed by atoms with E-state index < -0.39 is 5.79 Å². The number of hydrogen-bond acceptors (Lipinski definition) is 4. The summed E-state index contributed by atoms with van der Waals surface area (Å²) in [4.78, 5) is 0. The van der Waals surface area contributed by atoms with Crippen LogP contribution >= 0.6 is 0 Å². The molecule has 1 aliphatic rings. The van der Waals surface area contributed by atoms with Crippen molar-refractivity contribution >= 4 is 0 Å². The normalized spacial score (nSPS) is 25.1. The Balaban J connectivity index is 1.80. The van der Waals surface area contributed by atoms with Crippen LogP contribution in [0.4, 0.5) is 0 Å². The molecule has 0 aromatic heterocycles. The Hall–Kier alpha value is -1.10. The summed E-state index contributed by atoms with van der Waals surface area (Å²) < 4.78 is 23.1. The molecule has 0 unspecified atom stereocenters. The fourth-order valence-corrected chi connectivity index (χ4v) is 3.01. The summed E-state index contributed by atoms with van der Waals surface area (Å²) in [5.41, 5.74) is 1.15. The first-order valence-corrected chi connectivity index (χ1v) is 8.52. The molecule has 0 amide bonds. The third-order valence-electron chi connectivity index (χ3n) is 4.17. The molecule has 130 valence electrons. The minimum absolute atomic E-state index is 0.147. The quantitative estimate of drug-likeness (QED) is 0.749. The molecule has 1 aromatic rings. The molecule has 1 fully saturated rings. The smallest absolute Gasteiger partial charge is 0.163 e. The topological polar surface area (TPSA) is 36.9 Å². The van der Waals surface area contributed by atoms with Gasteiger partial charge in [-0.1, -0.05) is 19.1 Å².